The lowest BCUT2D eigenvalue weighted by molar-refractivity contribution is -0.140. The summed E-state index contributed by atoms with van der Waals surface area (Å²) in [7, 11) is 1.61. The van der Waals surface area contributed by atoms with Crippen LogP contribution in [0.25, 0.3) is 33.3 Å². The number of hydrogen-bond donors (Lipinski definition) is 0. The predicted molar refractivity (Wildman–Crippen MR) is 129 cm³/mol. The molecule has 3 aromatic heterocycles. The first-order valence-electron chi connectivity index (χ1n) is 10.9. The predicted octanol–water partition coefficient (Wildman–Crippen LogP) is 6.76. The number of ether oxygens (including phenoxy) is 1. The van der Waals surface area contributed by atoms with Crippen LogP contribution in [-0.2, 0) is 12.7 Å². The number of aromatic nitrogens is 5. The maximum absolute atomic E-state index is 13.3. The number of halogens is 4. The highest BCUT2D eigenvalue weighted by molar-refractivity contribution is 6.28. The largest absolute Gasteiger partial charge is 0.497 e. The summed E-state index contributed by atoms with van der Waals surface area (Å²) in [6.45, 7) is 4.11. The molecule has 0 radical (unpaired) electrons. The average Bonchev–Trinajstić information content (AvgIpc) is 3.40. The van der Waals surface area contributed by atoms with Crippen LogP contribution in [-0.4, -0.2) is 31.2 Å². The molecule has 0 bridgehead atoms. The van der Waals surface area contributed by atoms with Crippen molar-refractivity contribution >= 4 is 33.5 Å². The first-order chi connectivity index (χ1) is 16.7. The van der Waals surface area contributed by atoms with Crippen molar-refractivity contribution in [3.05, 3.63) is 71.4 Å². The van der Waals surface area contributed by atoms with Crippen LogP contribution in [0.5, 0.6) is 5.75 Å². The van der Waals surface area contributed by atoms with E-state index < -0.39 is 11.9 Å². The Balaban J connectivity index is 1.56. The van der Waals surface area contributed by atoms with Crippen LogP contribution in [0.3, 0.4) is 0 Å². The molecular formula is C25H21ClF3N5O. The van der Waals surface area contributed by atoms with Gasteiger partial charge in [-0.2, -0.15) is 18.2 Å². The van der Waals surface area contributed by atoms with Gasteiger partial charge in [-0.1, -0.05) is 24.3 Å². The smallest absolute Gasteiger partial charge is 0.434 e. The molecular weight excluding hydrogens is 479 g/mol. The van der Waals surface area contributed by atoms with E-state index in [0.29, 0.717) is 23.5 Å². The molecule has 0 saturated heterocycles. The van der Waals surface area contributed by atoms with Crippen LogP contribution in [0, 0.1) is 0 Å². The zero-order valence-electron chi connectivity index (χ0n) is 19.1. The fraction of sp³-hybridized carbons (Fsp3) is 0.240. The number of imidazole rings is 1. The summed E-state index contributed by atoms with van der Waals surface area (Å²) in [5.74, 6) is 0.983. The third kappa shape index (κ3) is 4.20. The number of fused-ring (bicyclic) bond motifs is 3. The lowest BCUT2D eigenvalue weighted by Crippen LogP contribution is -2.05. The molecule has 0 N–H and O–H groups in total. The second kappa shape index (κ2) is 8.57. The van der Waals surface area contributed by atoms with E-state index in [1.165, 1.54) is 4.57 Å². The molecule has 5 rings (SSSR count). The summed E-state index contributed by atoms with van der Waals surface area (Å²) in [5.41, 5.74) is 2.23. The van der Waals surface area contributed by atoms with E-state index in [1.54, 1.807) is 25.4 Å². The second-order valence-electron chi connectivity index (χ2n) is 8.49. The molecule has 0 amide bonds. The van der Waals surface area contributed by atoms with Gasteiger partial charge in [0.05, 0.1) is 12.6 Å². The molecule has 0 unspecified atom stereocenters. The summed E-state index contributed by atoms with van der Waals surface area (Å²) >= 11 is 6.09. The van der Waals surface area contributed by atoms with Crippen molar-refractivity contribution in [3.63, 3.8) is 0 Å². The second-order valence-corrected chi connectivity index (χ2v) is 8.83. The van der Waals surface area contributed by atoms with Gasteiger partial charge in [-0.05, 0) is 43.1 Å². The van der Waals surface area contributed by atoms with E-state index in [9.17, 15) is 13.2 Å². The van der Waals surface area contributed by atoms with Crippen molar-refractivity contribution in [2.45, 2.75) is 32.6 Å². The van der Waals surface area contributed by atoms with Gasteiger partial charge in [0.2, 0.25) is 5.28 Å². The molecule has 0 aliphatic heterocycles. The van der Waals surface area contributed by atoms with E-state index in [0.717, 1.165) is 28.0 Å². The quantitative estimate of drug-likeness (QED) is 0.251. The molecule has 35 heavy (non-hydrogen) atoms. The number of benzene rings is 2. The molecule has 0 spiro atoms. The number of nitrogens with zero attached hydrogens (tertiary/aromatic N) is 5. The molecule has 3 heterocycles. The molecule has 0 saturated carbocycles. The Bertz CT molecular complexity index is 1540. The molecule has 10 heteroatoms. The van der Waals surface area contributed by atoms with Crippen LogP contribution in [0.2, 0.25) is 5.28 Å². The van der Waals surface area contributed by atoms with E-state index in [4.69, 9.17) is 16.3 Å². The van der Waals surface area contributed by atoms with Crippen molar-refractivity contribution in [1.29, 1.82) is 0 Å². The normalized spacial score (nSPS) is 12.2. The minimum atomic E-state index is -4.50. The highest BCUT2D eigenvalue weighted by Crippen LogP contribution is 2.34. The summed E-state index contributed by atoms with van der Waals surface area (Å²) in [6.07, 6.45) is -1.75. The Morgan fingerprint density at radius 2 is 1.77 bits per heavy atom. The fourth-order valence-electron chi connectivity index (χ4n) is 4.19. The molecule has 6 nitrogen and oxygen atoms in total. The number of alkyl halides is 3. The minimum Gasteiger partial charge on any atom is -0.497 e. The Morgan fingerprint density at radius 1 is 1.03 bits per heavy atom. The summed E-state index contributed by atoms with van der Waals surface area (Å²) in [5, 5.41) is 1.97. The minimum absolute atomic E-state index is 0.143. The summed E-state index contributed by atoms with van der Waals surface area (Å²) in [4.78, 5) is 12.4. The third-order valence-electron chi connectivity index (χ3n) is 5.91. The Labute approximate surface area is 204 Å². The molecule has 0 atom stereocenters. The topological polar surface area (TPSA) is 57.8 Å². The van der Waals surface area contributed by atoms with E-state index in [-0.39, 0.29) is 17.1 Å². The molecule has 0 aliphatic carbocycles. The summed E-state index contributed by atoms with van der Waals surface area (Å²) in [6, 6.07) is 12.9. The maximum Gasteiger partial charge on any atom is 0.434 e. The van der Waals surface area contributed by atoms with E-state index in [2.05, 4.69) is 15.0 Å². The monoisotopic (exact) mass is 499 g/mol. The van der Waals surface area contributed by atoms with Gasteiger partial charge in [-0.3, -0.25) is 0 Å². The first-order valence-corrected chi connectivity index (χ1v) is 11.3. The van der Waals surface area contributed by atoms with Gasteiger partial charge in [0.1, 0.15) is 17.2 Å². The van der Waals surface area contributed by atoms with Gasteiger partial charge in [0.15, 0.2) is 5.69 Å². The van der Waals surface area contributed by atoms with Gasteiger partial charge in [0.25, 0.3) is 0 Å². The Morgan fingerprint density at radius 3 is 2.43 bits per heavy atom. The lowest BCUT2D eigenvalue weighted by atomic mass is 10.1. The Kier molecular flexibility index (Phi) is 5.67. The molecule has 5 aromatic rings. The number of methoxy groups -OCH3 is 1. The molecule has 0 fully saturated rings. The molecule has 0 aliphatic rings. The first kappa shape index (κ1) is 23.2. The van der Waals surface area contributed by atoms with Gasteiger partial charge in [0, 0.05) is 47.4 Å². The van der Waals surface area contributed by atoms with Crippen molar-refractivity contribution in [3.8, 4) is 17.1 Å². The van der Waals surface area contributed by atoms with Crippen LogP contribution in [0.1, 0.15) is 31.1 Å². The maximum atomic E-state index is 13.3. The molecule has 180 valence electrons. The summed E-state index contributed by atoms with van der Waals surface area (Å²) < 4.78 is 48.8. The zero-order chi connectivity index (χ0) is 24.9. The SMILES string of the molecule is COc1ccc2c3cnc(Cl)nc3n(Cc3ccc(-c4nc(C(F)(F)F)cn4C(C)C)cc3)c2c1. The fourth-order valence-corrected chi connectivity index (χ4v) is 4.32. The number of rotatable bonds is 5. The lowest BCUT2D eigenvalue weighted by Gasteiger charge is -2.12. The van der Waals surface area contributed by atoms with Gasteiger partial charge in [-0.25, -0.2) is 9.97 Å². The number of hydrogen-bond acceptors (Lipinski definition) is 4. The van der Waals surface area contributed by atoms with Crippen molar-refractivity contribution in [2.75, 3.05) is 7.11 Å². The standard InChI is InChI=1S/C25H21ClF3N5O/c1-14(2)33-13-21(25(27,28)29)31-22(33)16-6-4-15(5-7-16)12-34-20-10-17(35-3)8-9-18(20)19-11-30-24(26)32-23(19)34/h4-11,13-14H,12H2,1-3H3. The average molecular weight is 500 g/mol. The zero-order valence-corrected chi connectivity index (χ0v) is 19.9. The van der Waals surface area contributed by atoms with E-state index >= 15 is 0 Å². The highest BCUT2D eigenvalue weighted by atomic mass is 35.5. The van der Waals surface area contributed by atoms with Crippen LogP contribution < -0.4 is 4.74 Å². The van der Waals surface area contributed by atoms with Crippen LogP contribution in [0.15, 0.2) is 54.9 Å². The van der Waals surface area contributed by atoms with Crippen molar-refractivity contribution in [2.24, 2.45) is 0 Å². The molecule has 2 aromatic carbocycles. The van der Waals surface area contributed by atoms with Crippen molar-refractivity contribution in [1.82, 2.24) is 24.1 Å². The Hall–Kier alpha value is -3.59. The van der Waals surface area contributed by atoms with Gasteiger partial charge in [-0.15, -0.1) is 0 Å². The van der Waals surface area contributed by atoms with Crippen molar-refractivity contribution < 1.29 is 17.9 Å². The van der Waals surface area contributed by atoms with Gasteiger partial charge < -0.3 is 13.9 Å². The van der Waals surface area contributed by atoms with Gasteiger partial charge >= 0.3 is 6.18 Å². The van der Waals surface area contributed by atoms with E-state index in [1.807, 2.05) is 48.7 Å². The van der Waals surface area contributed by atoms with Crippen LogP contribution >= 0.6 is 11.6 Å². The van der Waals surface area contributed by atoms with Crippen LogP contribution in [0.4, 0.5) is 13.2 Å². The third-order valence-corrected chi connectivity index (χ3v) is 6.09. The highest BCUT2D eigenvalue weighted by Gasteiger charge is 2.35.